The number of rotatable bonds is 3. The van der Waals surface area contributed by atoms with Crippen LogP contribution in [0.1, 0.15) is 48.3 Å². The highest BCUT2D eigenvalue weighted by Crippen LogP contribution is 2.35. The molecule has 2 aliphatic rings. The van der Waals surface area contributed by atoms with Crippen LogP contribution in [0.4, 0.5) is 0 Å². The summed E-state index contributed by atoms with van der Waals surface area (Å²) in [6, 6.07) is 0.255. The molecule has 6 nitrogen and oxygen atoms in total. The number of ether oxygens (including phenoxy) is 2. The number of nitrogens with one attached hydrogen (secondary N) is 1. The summed E-state index contributed by atoms with van der Waals surface area (Å²) in [7, 11) is 0. The molecule has 1 amide bonds. The first-order valence-electron chi connectivity index (χ1n) is 6.75. The maximum Gasteiger partial charge on any atom is 0.273 e. The summed E-state index contributed by atoms with van der Waals surface area (Å²) in [6.07, 6.45) is 3.53. The van der Waals surface area contributed by atoms with Gasteiger partial charge in [-0.25, -0.2) is 4.98 Å². The Morgan fingerprint density at radius 1 is 1.55 bits per heavy atom. The molecule has 2 heterocycles. The molecule has 3 rings (SSSR count). The molecule has 2 N–H and O–H groups in total. The summed E-state index contributed by atoms with van der Waals surface area (Å²) in [6.45, 7) is 3.70. The monoisotopic (exact) mass is 278 g/mol. The Morgan fingerprint density at radius 3 is 2.95 bits per heavy atom. The third-order valence-electron chi connectivity index (χ3n) is 3.44. The van der Waals surface area contributed by atoms with Gasteiger partial charge in [0.2, 0.25) is 5.79 Å². The molecular formula is C14H18N2O4. The molecule has 108 valence electrons. The van der Waals surface area contributed by atoms with Crippen LogP contribution in [-0.4, -0.2) is 27.8 Å². The van der Waals surface area contributed by atoms with Crippen molar-refractivity contribution in [1.29, 1.82) is 0 Å². The minimum atomic E-state index is -0.808. The SMILES string of the molecule is CC1(C)OCc2c(CO)cnc(C(=O)NC3CC3)c2O1. The molecule has 1 aliphatic heterocycles. The van der Waals surface area contributed by atoms with Gasteiger partial charge in [0.05, 0.1) is 13.2 Å². The van der Waals surface area contributed by atoms with E-state index in [9.17, 15) is 9.90 Å². The van der Waals surface area contributed by atoms with Gasteiger partial charge >= 0.3 is 0 Å². The number of amides is 1. The lowest BCUT2D eigenvalue weighted by Crippen LogP contribution is -2.38. The van der Waals surface area contributed by atoms with Gasteiger partial charge in [0, 0.05) is 37.2 Å². The van der Waals surface area contributed by atoms with Crippen LogP contribution < -0.4 is 10.1 Å². The van der Waals surface area contributed by atoms with Crippen molar-refractivity contribution in [2.45, 2.75) is 51.7 Å². The van der Waals surface area contributed by atoms with Crippen LogP contribution >= 0.6 is 0 Å². The number of aromatic nitrogens is 1. The predicted octanol–water partition coefficient (Wildman–Crippen LogP) is 1.11. The van der Waals surface area contributed by atoms with Crippen molar-refractivity contribution >= 4 is 5.91 Å². The third kappa shape index (κ3) is 2.48. The van der Waals surface area contributed by atoms with Gasteiger partial charge in [-0.3, -0.25) is 4.79 Å². The van der Waals surface area contributed by atoms with Crippen molar-refractivity contribution in [2.24, 2.45) is 0 Å². The highest BCUT2D eigenvalue weighted by Gasteiger charge is 2.34. The number of aliphatic hydroxyl groups is 1. The van der Waals surface area contributed by atoms with E-state index in [1.807, 2.05) is 0 Å². The van der Waals surface area contributed by atoms with E-state index in [0.29, 0.717) is 23.5 Å². The summed E-state index contributed by atoms with van der Waals surface area (Å²) in [4.78, 5) is 16.4. The van der Waals surface area contributed by atoms with Crippen LogP contribution in [0.2, 0.25) is 0 Å². The first-order valence-corrected chi connectivity index (χ1v) is 6.75. The predicted molar refractivity (Wildman–Crippen MR) is 70.1 cm³/mol. The number of carbonyl (C=O) groups excluding carboxylic acids is 1. The second-order valence-electron chi connectivity index (χ2n) is 5.64. The second-order valence-corrected chi connectivity index (χ2v) is 5.64. The number of hydrogen-bond donors (Lipinski definition) is 2. The fourth-order valence-corrected chi connectivity index (χ4v) is 2.14. The normalized spacial score (nSPS) is 19.9. The summed E-state index contributed by atoms with van der Waals surface area (Å²) in [5.41, 5.74) is 1.58. The van der Waals surface area contributed by atoms with Crippen molar-refractivity contribution in [1.82, 2.24) is 10.3 Å². The Hall–Kier alpha value is -1.66. The Balaban J connectivity index is 1.99. The number of nitrogens with zero attached hydrogens (tertiary/aromatic N) is 1. The fraction of sp³-hybridized carbons (Fsp3) is 0.571. The van der Waals surface area contributed by atoms with E-state index in [4.69, 9.17) is 9.47 Å². The Labute approximate surface area is 117 Å². The van der Waals surface area contributed by atoms with Gasteiger partial charge in [-0.15, -0.1) is 0 Å². The molecule has 20 heavy (non-hydrogen) atoms. The van der Waals surface area contributed by atoms with Gasteiger partial charge < -0.3 is 19.9 Å². The Kier molecular flexibility index (Phi) is 3.14. The van der Waals surface area contributed by atoms with Crippen LogP contribution in [0.25, 0.3) is 0 Å². The van der Waals surface area contributed by atoms with Crippen LogP contribution in [0.5, 0.6) is 5.75 Å². The molecule has 1 fully saturated rings. The molecule has 1 aliphatic carbocycles. The lowest BCUT2D eigenvalue weighted by molar-refractivity contribution is -0.180. The molecule has 0 spiro atoms. The largest absolute Gasteiger partial charge is 0.460 e. The van der Waals surface area contributed by atoms with Gasteiger partial charge in [0.1, 0.15) is 0 Å². The van der Waals surface area contributed by atoms with Crippen molar-refractivity contribution < 1.29 is 19.4 Å². The number of carbonyl (C=O) groups is 1. The van der Waals surface area contributed by atoms with Gasteiger partial charge in [-0.05, 0) is 12.8 Å². The minimum absolute atomic E-state index is 0.160. The molecule has 1 aromatic rings. The van der Waals surface area contributed by atoms with Crippen LogP contribution in [-0.2, 0) is 18.0 Å². The Bertz CT molecular complexity index is 552. The minimum Gasteiger partial charge on any atom is -0.460 e. The van der Waals surface area contributed by atoms with Crippen LogP contribution in [0.15, 0.2) is 6.20 Å². The summed E-state index contributed by atoms with van der Waals surface area (Å²) >= 11 is 0. The molecule has 6 heteroatoms. The topological polar surface area (TPSA) is 80.7 Å². The fourth-order valence-electron chi connectivity index (χ4n) is 2.14. The number of pyridine rings is 1. The van der Waals surface area contributed by atoms with Gasteiger partial charge in [-0.1, -0.05) is 0 Å². The van der Waals surface area contributed by atoms with Crippen molar-refractivity contribution in [3.63, 3.8) is 0 Å². The molecule has 0 unspecified atom stereocenters. The summed E-state index contributed by atoms with van der Waals surface area (Å²) in [5, 5.41) is 12.3. The van der Waals surface area contributed by atoms with Crippen LogP contribution in [0.3, 0.4) is 0 Å². The molecule has 0 radical (unpaired) electrons. The van der Waals surface area contributed by atoms with E-state index in [1.165, 1.54) is 6.20 Å². The number of fused-ring (bicyclic) bond motifs is 1. The molecule has 1 aromatic heterocycles. The summed E-state index contributed by atoms with van der Waals surface area (Å²) in [5.74, 6) is -0.617. The number of hydrogen-bond acceptors (Lipinski definition) is 5. The van der Waals surface area contributed by atoms with E-state index in [2.05, 4.69) is 10.3 Å². The average molecular weight is 278 g/mol. The first-order chi connectivity index (χ1) is 9.50. The quantitative estimate of drug-likeness (QED) is 0.865. The highest BCUT2D eigenvalue weighted by atomic mass is 16.7. The molecule has 0 saturated heterocycles. The molecule has 0 aromatic carbocycles. The highest BCUT2D eigenvalue weighted by molar-refractivity contribution is 5.95. The van der Waals surface area contributed by atoms with Crippen molar-refractivity contribution in [3.05, 3.63) is 23.0 Å². The zero-order chi connectivity index (χ0) is 14.3. The van der Waals surface area contributed by atoms with Gasteiger partial charge in [0.25, 0.3) is 5.91 Å². The Morgan fingerprint density at radius 2 is 2.30 bits per heavy atom. The van der Waals surface area contributed by atoms with E-state index in [-0.39, 0.29) is 24.2 Å². The average Bonchev–Trinajstić information content (AvgIpc) is 3.19. The van der Waals surface area contributed by atoms with Crippen molar-refractivity contribution in [2.75, 3.05) is 0 Å². The lowest BCUT2D eigenvalue weighted by atomic mass is 10.1. The second kappa shape index (κ2) is 4.71. The molecule has 1 saturated carbocycles. The smallest absolute Gasteiger partial charge is 0.273 e. The summed E-state index contributed by atoms with van der Waals surface area (Å²) < 4.78 is 11.3. The zero-order valence-electron chi connectivity index (χ0n) is 11.6. The zero-order valence-corrected chi connectivity index (χ0v) is 11.6. The third-order valence-corrected chi connectivity index (χ3v) is 3.44. The van der Waals surface area contributed by atoms with E-state index in [0.717, 1.165) is 12.8 Å². The lowest BCUT2D eigenvalue weighted by Gasteiger charge is -2.34. The van der Waals surface area contributed by atoms with Crippen molar-refractivity contribution in [3.8, 4) is 5.75 Å². The maximum atomic E-state index is 12.2. The standard InChI is InChI=1S/C14H18N2O4/c1-14(2)19-7-10-8(6-17)5-15-11(12(10)20-14)13(18)16-9-3-4-9/h5,9,17H,3-4,6-7H2,1-2H3,(H,16,18). The van der Waals surface area contributed by atoms with Gasteiger partial charge in [-0.2, -0.15) is 0 Å². The number of aliphatic hydroxyl groups excluding tert-OH is 1. The van der Waals surface area contributed by atoms with E-state index < -0.39 is 5.79 Å². The molecule has 0 atom stereocenters. The maximum absolute atomic E-state index is 12.2. The van der Waals surface area contributed by atoms with Crippen LogP contribution in [0, 0.1) is 0 Å². The molecular weight excluding hydrogens is 260 g/mol. The van der Waals surface area contributed by atoms with E-state index in [1.54, 1.807) is 13.8 Å². The van der Waals surface area contributed by atoms with E-state index >= 15 is 0 Å². The van der Waals surface area contributed by atoms with Gasteiger partial charge in [0.15, 0.2) is 11.4 Å². The first kappa shape index (κ1) is 13.3. The molecule has 0 bridgehead atoms.